The van der Waals surface area contributed by atoms with Crippen molar-refractivity contribution in [1.29, 1.82) is 0 Å². The Morgan fingerprint density at radius 1 is 0.926 bits per heavy atom. The normalized spacial score (nSPS) is 14.0. The average Bonchev–Trinajstić information content (AvgIpc) is 2.74. The van der Waals surface area contributed by atoms with Crippen molar-refractivity contribution in [2.75, 3.05) is 31.1 Å². The number of hydrogen-bond acceptors (Lipinski definition) is 6. The molecule has 27 heavy (non-hydrogen) atoms. The first-order chi connectivity index (χ1) is 13.4. The highest BCUT2D eigenvalue weighted by atomic mass is 16.5. The fourth-order valence-electron chi connectivity index (χ4n) is 2.94. The number of rotatable bonds is 6. The summed E-state index contributed by atoms with van der Waals surface area (Å²) < 4.78 is 11.7. The third-order valence-electron chi connectivity index (χ3n) is 4.31. The standard InChI is InChI=1S/C21H22N4O2/c1-2-6-18(7-3-1)27-19-8-4-5-17(15-19)16-26-21-23-10-9-20(24-21)25-13-11-22-12-14-25/h1-10,15,22H,11-14,16H2. The molecule has 2 heterocycles. The van der Waals surface area contributed by atoms with Crippen LogP contribution < -0.4 is 19.7 Å². The number of anilines is 1. The molecule has 1 aliphatic heterocycles. The summed E-state index contributed by atoms with van der Waals surface area (Å²) in [7, 11) is 0. The van der Waals surface area contributed by atoms with Gasteiger partial charge in [-0.3, -0.25) is 0 Å². The second-order valence-corrected chi connectivity index (χ2v) is 6.29. The van der Waals surface area contributed by atoms with Gasteiger partial charge in [-0.05, 0) is 35.9 Å². The number of benzene rings is 2. The Balaban J connectivity index is 1.39. The second-order valence-electron chi connectivity index (χ2n) is 6.29. The van der Waals surface area contributed by atoms with Gasteiger partial charge in [-0.15, -0.1) is 0 Å². The molecule has 0 bridgehead atoms. The summed E-state index contributed by atoms with van der Waals surface area (Å²) in [6.07, 6.45) is 1.74. The minimum atomic E-state index is 0.386. The van der Waals surface area contributed by atoms with Crippen molar-refractivity contribution in [3.63, 3.8) is 0 Å². The zero-order chi connectivity index (χ0) is 18.3. The van der Waals surface area contributed by atoms with Crippen LogP contribution in [0.2, 0.25) is 0 Å². The third-order valence-corrected chi connectivity index (χ3v) is 4.31. The van der Waals surface area contributed by atoms with Crippen LogP contribution in [0.15, 0.2) is 66.9 Å². The fraction of sp³-hybridized carbons (Fsp3) is 0.238. The molecule has 1 aromatic heterocycles. The van der Waals surface area contributed by atoms with Crippen molar-refractivity contribution in [3.8, 4) is 17.5 Å². The maximum atomic E-state index is 5.87. The summed E-state index contributed by atoms with van der Waals surface area (Å²) >= 11 is 0. The molecule has 1 saturated heterocycles. The monoisotopic (exact) mass is 362 g/mol. The molecule has 6 nitrogen and oxygen atoms in total. The van der Waals surface area contributed by atoms with Crippen LogP contribution in [-0.2, 0) is 6.61 Å². The lowest BCUT2D eigenvalue weighted by atomic mass is 10.2. The van der Waals surface area contributed by atoms with E-state index in [9.17, 15) is 0 Å². The number of nitrogens with zero attached hydrogens (tertiary/aromatic N) is 3. The molecular formula is C21H22N4O2. The van der Waals surface area contributed by atoms with Gasteiger partial charge in [0, 0.05) is 32.4 Å². The molecule has 1 aliphatic rings. The van der Waals surface area contributed by atoms with Crippen LogP contribution >= 0.6 is 0 Å². The average molecular weight is 362 g/mol. The summed E-state index contributed by atoms with van der Waals surface area (Å²) in [5.41, 5.74) is 1.000. The zero-order valence-corrected chi connectivity index (χ0v) is 15.0. The fourth-order valence-corrected chi connectivity index (χ4v) is 2.94. The van der Waals surface area contributed by atoms with E-state index >= 15 is 0 Å². The number of piperazine rings is 1. The van der Waals surface area contributed by atoms with Gasteiger partial charge in [-0.1, -0.05) is 30.3 Å². The van der Waals surface area contributed by atoms with E-state index in [0.29, 0.717) is 12.6 Å². The van der Waals surface area contributed by atoms with E-state index in [0.717, 1.165) is 49.1 Å². The van der Waals surface area contributed by atoms with Gasteiger partial charge in [0.2, 0.25) is 0 Å². The zero-order valence-electron chi connectivity index (χ0n) is 15.0. The Bertz CT molecular complexity index is 867. The quantitative estimate of drug-likeness (QED) is 0.726. The van der Waals surface area contributed by atoms with Gasteiger partial charge in [0.05, 0.1) is 0 Å². The first-order valence-corrected chi connectivity index (χ1v) is 9.10. The molecule has 0 radical (unpaired) electrons. The highest BCUT2D eigenvalue weighted by Crippen LogP contribution is 2.22. The lowest BCUT2D eigenvalue weighted by molar-refractivity contribution is 0.280. The van der Waals surface area contributed by atoms with Crippen molar-refractivity contribution in [3.05, 3.63) is 72.4 Å². The Morgan fingerprint density at radius 3 is 2.59 bits per heavy atom. The maximum absolute atomic E-state index is 5.87. The third kappa shape index (κ3) is 4.74. The lowest BCUT2D eigenvalue weighted by Gasteiger charge is -2.28. The topological polar surface area (TPSA) is 59.5 Å². The molecule has 0 amide bonds. The van der Waals surface area contributed by atoms with Crippen molar-refractivity contribution >= 4 is 5.82 Å². The van der Waals surface area contributed by atoms with Gasteiger partial charge in [0.25, 0.3) is 0 Å². The number of nitrogens with one attached hydrogen (secondary N) is 1. The predicted molar refractivity (Wildman–Crippen MR) is 104 cm³/mol. The van der Waals surface area contributed by atoms with E-state index in [1.807, 2.05) is 60.7 Å². The number of hydrogen-bond donors (Lipinski definition) is 1. The molecule has 3 aromatic rings. The van der Waals surface area contributed by atoms with Crippen LogP contribution in [0.1, 0.15) is 5.56 Å². The number of ether oxygens (including phenoxy) is 2. The second kappa shape index (κ2) is 8.51. The van der Waals surface area contributed by atoms with Gasteiger partial charge < -0.3 is 19.7 Å². The van der Waals surface area contributed by atoms with E-state index in [-0.39, 0.29) is 0 Å². The van der Waals surface area contributed by atoms with Crippen LogP contribution in [0.25, 0.3) is 0 Å². The van der Waals surface area contributed by atoms with Crippen LogP contribution in [0.4, 0.5) is 5.82 Å². The Kier molecular flexibility index (Phi) is 5.45. The van der Waals surface area contributed by atoms with Crippen molar-refractivity contribution in [1.82, 2.24) is 15.3 Å². The summed E-state index contributed by atoms with van der Waals surface area (Å²) in [4.78, 5) is 11.0. The summed E-state index contributed by atoms with van der Waals surface area (Å²) in [5, 5.41) is 3.34. The Labute approximate surface area is 158 Å². The molecule has 0 aliphatic carbocycles. The van der Waals surface area contributed by atoms with Gasteiger partial charge in [-0.25, -0.2) is 4.98 Å². The summed E-state index contributed by atoms with van der Waals surface area (Å²) in [5.74, 6) is 2.49. The molecule has 0 atom stereocenters. The molecule has 1 fully saturated rings. The van der Waals surface area contributed by atoms with Crippen molar-refractivity contribution in [2.45, 2.75) is 6.61 Å². The maximum Gasteiger partial charge on any atom is 0.318 e. The van der Waals surface area contributed by atoms with Gasteiger partial charge >= 0.3 is 6.01 Å². The molecular weight excluding hydrogens is 340 g/mol. The van der Waals surface area contributed by atoms with E-state index in [1.54, 1.807) is 6.20 Å². The molecule has 0 unspecified atom stereocenters. The largest absolute Gasteiger partial charge is 0.459 e. The number of aromatic nitrogens is 2. The molecule has 0 saturated carbocycles. The van der Waals surface area contributed by atoms with E-state index in [2.05, 4.69) is 20.2 Å². The van der Waals surface area contributed by atoms with Crippen molar-refractivity contribution < 1.29 is 9.47 Å². The lowest BCUT2D eigenvalue weighted by Crippen LogP contribution is -2.43. The molecule has 0 spiro atoms. The van der Waals surface area contributed by atoms with Gasteiger partial charge in [0.1, 0.15) is 23.9 Å². The molecule has 6 heteroatoms. The van der Waals surface area contributed by atoms with Gasteiger partial charge in [-0.2, -0.15) is 4.98 Å². The summed E-state index contributed by atoms with van der Waals surface area (Å²) in [6, 6.07) is 19.9. The molecule has 2 aromatic carbocycles. The smallest absolute Gasteiger partial charge is 0.318 e. The van der Waals surface area contributed by atoms with Crippen LogP contribution in [0, 0.1) is 0 Å². The SMILES string of the molecule is c1ccc(Oc2cccc(COc3nccc(N4CCNCC4)n3)c2)cc1. The first-order valence-electron chi connectivity index (χ1n) is 9.10. The van der Waals surface area contributed by atoms with E-state index < -0.39 is 0 Å². The Hall–Kier alpha value is -3.12. The van der Waals surface area contributed by atoms with Gasteiger partial charge in [0.15, 0.2) is 0 Å². The minimum Gasteiger partial charge on any atom is -0.459 e. The van der Waals surface area contributed by atoms with Crippen LogP contribution in [0.5, 0.6) is 17.5 Å². The highest BCUT2D eigenvalue weighted by Gasteiger charge is 2.12. The molecule has 1 N–H and O–H groups in total. The highest BCUT2D eigenvalue weighted by molar-refractivity contribution is 5.39. The predicted octanol–water partition coefficient (Wildman–Crippen LogP) is 3.26. The van der Waals surface area contributed by atoms with Crippen molar-refractivity contribution in [2.24, 2.45) is 0 Å². The van der Waals surface area contributed by atoms with Crippen LogP contribution in [-0.4, -0.2) is 36.1 Å². The minimum absolute atomic E-state index is 0.386. The van der Waals surface area contributed by atoms with E-state index in [1.165, 1.54) is 0 Å². The number of para-hydroxylation sites is 1. The summed E-state index contributed by atoms with van der Waals surface area (Å²) in [6.45, 7) is 4.20. The molecule has 138 valence electrons. The molecule has 4 rings (SSSR count). The van der Waals surface area contributed by atoms with E-state index in [4.69, 9.17) is 9.47 Å². The Morgan fingerprint density at radius 2 is 1.74 bits per heavy atom. The first kappa shape index (κ1) is 17.3. The van der Waals surface area contributed by atoms with Crippen LogP contribution in [0.3, 0.4) is 0 Å².